The average molecular weight is 377 g/mol. The standard InChI is InChI=1S/C22H23N3O3/c1-4-7-21-23-24-22(28-21)20-12-16-8-5-6-9-19(16)25(20)14-15-10-17(26-2)13-18(11-15)27-3/h5-6,8-13H,4,7,14H2,1-3H3. The van der Waals surface area contributed by atoms with Crippen molar-refractivity contribution in [2.45, 2.75) is 26.3 Å². The van der Waals surface area contributed by atoms with Gasteiger partial charge in [0.15, 0.2) is 0 Å². The minimum atomic E-state index is 0.537. The summed E-state index contributed by atoms with van der Waals surface area (Å²) in [5, 5.41) is 9.60. The van der Waals surface area contributed by atoms with Gasteiger partial charge in [-0.05, 0) is 36.2 Å². The van der Waals surface area contributed by atoms with Gasteiger partial charge in [-0.25, -0.2) is 0 Å². The van der Waals surface area contributed by atoms with E-state index < -0.39 is 0 Å². The highest BCUT2D eigenvalue weighted by Crippen LogP contribution is 2.30. The van der Waals surface area contributed by atoms with Gasteiger partial charge in [0, 0.05) is 29.9 Å². The Hall–Kier alpha value is -3.28. The number of aromatic nitrogens is 3. The van der Waals surface area contributed by atoms with Crippen LogP contribution in [0.25, 0.3) is 22.5 Å². The molecule has 0 radical (unpaired) electrons. The van der Waals surface area contributed by atoms with Crippen LogP contribution in [0.3, 0.4) is 0 Å². The van der Waals surface area contributed by atoms with E-state index in [-0.39, 0.29) is 0 Å². The number of fused-ring (bicyclic) bond motifs is 1. The lowest BCUT2D eigenvalue weighted by molar-refractivity contribution is 0.393. The molecule has 0 aliphatic carbocycles. The van der Waals surface area contributed by atoms with Crippen molar-refractivity contribution in [1.82, 2.24) is 14.8 Å². The summed E-state index contributed by atoms with van der Waals surface area (Å²) < 4.78 is 18.9. The summed E-state index contributed by atoms with van der Waals surface area (Å²) in [7, 11) is 3.31. The third-order valence-electron chi connectivity index (χ3n) is 4.71. The van der Waals surface area contributed by atoms with Crippen LogP contribution < -0.4 is 9.47 Å². The third-order valence-corrected chi connectivity index (χ3v) is 4.71. The van der Waals surface area contributed by atoms with Crippen LogP contribution in [-0.2, 0) is 13.0 Å². The summed E-state index contributed by atoms with van der Waals surface area (Å²) >= 11 is 0. The summed E-state index contributed by atoms with van der Waals surface area (Å²) in [6.45, 7) is 2.72. The zero-order valence-corrected chi connectivity index (χ0v) is 16.3. The molecule has 2 aromatic carbocycles. The minimum Gasteiger partial charge on any atom is -0.497 e. The molecule has 4 rings (SSSR count). The molecule has 6 nitrogen and oxygen atoms in total. The predicted octanol–water partition coefficient (Wildman–Crippen LogP) is 4.71. The largest absolute Gasteiger partial charge is 0.497 e. The third kappa shape index (κ3) is 3.45. The molecule has 0 spiro atoms. The lowest BCUT2D eigenvalue weighted by Crippen LogP contribution is -2.03. The van der Waals surface area contributed by atoms with E-state index in [9.17, 15) is 0 Å². The Balaban J connectivity index is 1.81. The molecule has 6 heteroatoms. The van der Waals surface area contributed by atoms with Crippen LogP contribution >= 0.6 is 0 Å². The fourth-order valence-corrected chi connectivity index (χ4v) is 3.37. The van der Waals surface area contributed by atoms with Gasteiger partial charge in [-0.2, -0.15) is 0 Å². The van der Waals surface area contributed by atoms with Gasteiger partial charge in [0.1, 0.15) is 17.2 Å². The Bertz CT molecular complexity index is 1080. The van der Waals surface area contributed by atoms with Gasteiger partial charge in [-0.1, -0.05) is 25.1 Å². The fourth-order valence-electron chi connectivity index (χ4n) is 3.37. The molecule has 0 atom stereocenters. The van der Waals surface area contributed by atoms with Gasteiger partial charge in [0.05, 0.1) is 14.2 Å². The van der Waals surface area contributed by atoms with Crippen LogP contribution in [0.15, 0.2) is 52.9 Å². The second-order valence-electron chi connectivity index (χ2n) is 6.65. The van der Waals surface area contributed by atoms with Crippen molar-refractivity contribution in [3.8, 4) is 23.1 Å². The summed E-state index contributed by atoms with van der Waals surface area (Å²) in [5.74, 6) is 2.72. The smallest absolute Gasteiger partial charge is 0.264 e. The Morgan fingerprint density at radius 1 is 0.964 bits per heavy atom. The number of hydrogen-bond acceptors (Lipinski definition) is 5. The van der Waals surface area contributed by atoms with Crippen LogP contribution in [0.5, 0.6) is 11.5 Å². The van der Waals surface area contributed by atoms with E-state index in [0.29, 0.717) is 18.3 Å². The molecule has 0 unspecified atom stereocenters. The van der Waals surface area contributed by atoms with Crippen LogP contribution in [-0.4, -0.2) is 29.0 Å². The van der Waals surface area contributed by atoms with Crippen LogP contribution in [0.2, 0.25) is 0 Å². The van der Waals surface area contributed by atoms with Gasteiger partial charge in [-0.15, -0.1) is 10.2 Å². The van der Waals surface area contributed by atoms with Crippen molar-refractivity contribution >= 4 is 10.9 Å². The van der Waals surface area contributed by atoms with E-state index in [0.717, 1.165) is 46.5 Å². The molecular weight excluding hydrogens is 354 g/mol. The molecule has 28 heavy (non-hydrogen) atoms. The van der Waals surface area contributed by atoms with E-state index in [4.69, 9.17) is 13.9 Å². The summed E-state index contributed by atoms with van der Waals surface area (Å²) in [6.07, 6.45) is 1.74. The lowest BCUT2D eigenvalue weighted by Gasteiger charge is -2.12. The Kier molecular flexibility index (Phi) is 5.02. The van der Waals surface area contributed by atoms with E-state index in [1.807, 2.05) is 30.3 Å². The van der Waals surface area contributed by atoms with Crippen LogP contribution in [0, 0.1) is 0 Å². The Labute approximate surface area is 163 Å². The van der Waals surface area contributed by atoms with Crippen LogP contribution in [0.4, 0.5) is 0 Å². The zero-order chi connectivity index (χ0) is 19.5. The molecule has 0 bridgehead atoms. The molecule has 2 aromatic heterocycles. The number of ether oxygens (including phenoxy) is 2. The van der Waals surface area contributed by atoms with Gasteiger partial charge in [0.2, 0.25) is 5.89 Å². The normalized spacial score (nSPS) is 11.1. The molecule has 144 valence electrons. The SMILES string of the molecule is CCCc1nnc(-c2cc3ccccc3n2Cc2cc(OC)cc(OC)c2)o1. The van der Waals surface area contributed by atoms with Crippen molar-refractivity contribution in [3.63, 3.8) is 0 Å². The summed E-state index contributed by atoms with van der Waals surface area (Å²) in [4.78, 5) is 0. The number of rotatable bonds is 7. The van der Waals surface area contributed by atoms with Gasteiger partial charge in [-0.3, -0.25) is 0 Å². The topological polar surface area (TPSA) is 62.3 Å². The summed E-state index contributed by atoms with van der Waals surface area (Å²) in [6, 6.07) is 16.2. The second-order valence-corrected chi connectivity index (χ2v) is 6.65. The van der Waals surface area contributed by atoms with Crippen LogP contribution in [0.1, 0.15) is 24.8 Å². The number of hydrogen-bond donors (Lipinski definition) is 0. The maximum Gasteiger partial charge on any atom is 0.264 e. The van der Waals surface area contributed by atoms with E-state index in [2.05, 4.69) is 39.9 Å². The highest BCUT2D eigenvalue weighted by molar-refractivity contribution is 5.85. The molecule has 0 aliphatic heterocycles. The van der Waals surface area contributed by atoms with E-state index in [1.165, 1.54) is 0 Å². The maximum atomic E-state index is 5.92. The zero-order valence-electron chi connectivity index (χ0n) is 16.3. The first-order chi connectivity index (χ1) is 13.7. The molecule has 0 saturated carbocycles. The molecule has 0 amide bonds. The van der Waals surface area contributed by atoms with Crippen molar-refractivity contribution in [1.29, 1.82) is 0 Å². The van der Waals surface area contributed by atoms with Gasteiger partial charge >= 0.3 is 0 Å². The monoisotopic (exact) mass is 377 g/mol. The second kappa shape index (κ2) is 7.76. The molecule has 4 aromatic rings. The minimum absolute atomic E-state index is 0.537. The molecule has 0 aliphatic rings. The average Bonchev–Trinajstić information content (AvgIpc) is 3.33. The highest BCUT2D eigenvalue weighted by atomic mass is 16.5. The van der Waals surface area contributed by atoms with Crippen molar-refractivity contribution in [2.24, 2.45) is 0 Å². The molecular formula is C22H23N3O3. The molecule has 0 saturated heterocycles. The summed E-state index contributed by atoms with van der Waals surface area (Å²) in [5.41, 5.74) is 3.07. The van der Waals surface area contributed by atoms with E-state index in [1.54, 1.807) is 14.2 Å². The fraction of sp³-hybridized carbons (Fsp3) is 0.273. The first-order valence-electron chi connectivity index (χ1n) is 9.34. The lowest BCUT2D eigenvalue weighted by atomic mass is 10.2. The highest BCUT2D eigenvalue weighted by Gasteiger charge is 2.17. The van der Waals surface area contributed by atoms with Crippen molar-refractivity contribution in [2.75, 3.05) is 14.2 Å². The molecule has 0 fully saturated rings. The maximum absolute atomic E-state index is 5.92. The first kappa shape index (κ1) is 18.1. The van der Waals surface area contributed by atoms with Crippen molar-refractivity contribution < 1.29 is 13.9 Å². The number of methoxy groups -OCH3 is 2. The van der Waals surface area contributed by atoms with Gasteiger partial charge in [0.25, 0.3) is 5.89 Å². The number of nitrogens with zero attached hydrogens (tertiary/aromatic N) is 3. The Morgan fingerprint density at radius 3 is 2.43 bits per heavy atom. The number of aryl methyl sites for hydroxylation is 1. The molecule has 2 heterocycles. The number of benzene rings is 2. The number of para-hydroxylation sites is 1. The quantitative estimate of drug-likeness (QED) is 0.467. The van der Waals surface area contributed by atoms with Crippen molar-refractivity contribution in [3.05, 3.63) is 60.0 Å². The molecule has 0 N–H and O–H groups in total. The predicted molar refractivity (Wildman–Crippen MR) is 108 cm³/mol. The first-order valence-corrected chi connectivity index (χ1v) is 9.34. The Morgan fingerprint density at radius 2 is 1.71 bits per heavy atom. The van der Waals surface area contributed by atoms with E-state index >= 15 is 0 Å². The van der Waals surface area contributed by atoms with Gasteiger partial charge < -0.3 is 18.5 Å².